The van der Waals surface area contributed by atoms with Crippen LogP contribution in [-0.2, 0) is 0 Å². The Morgan fingerprint density at radius 1 is 0.607 bits per heavy atom. The lowest BCUT2D eigenvalue weighted by Gasteiger charge is -2.25. The Bertz CT molecular complexity index is 374. The third kappa shape index (κ3) is 22.9. The highest BCUT2D eigenvalue weighted by Gasteiger charge is 2.08. The Balaban J connectivity index is 0. The minimum Gasteiger partial charge on any atom is -0.303 e. The van der Waals surface area contributed by atoms with Gasteiger partial charge in [-0.15, -0.1) is 0 Å². The van der Waals surface area contributed by atoms with Gasteiger partial charge in [-0.25, -0.2) is 0 Å². The zero-order valence-electron chi connectivity index (χ0n) is 19.8. The van der Waals surface area contributed by atoms with Crippen molar-refractivity contribution in [2.24, 2.45) is 11.8 Å². The predicted molar refractivity (Wildman–Crippen MR) is 122 cm³/mol. The van der Waals surface area contributed by atoms with Crippen molar-refractivity contribution >= 4 is 0 Å². The average molecular weight is 393 g/mol. The summed E-state index contributed by atoms with van der Waals surface area (Å²) in [6.07, 6.45) is 8.54. The first-order valence-corrected chi connectivity index (χ1v) is 11.6. The SMILES string of the molecule is CC(C)CN(CCCC#N)CC(C)C.CCCCN(CCCC)CCCC#N. The van der Waals surface area contributed by atoms with E-state index in [0.29, 0.717) is 12.8 Å². The molecule has 0 aromatic heterocycles. The van der Waals surface area contributed by atoms with Gasteiger partial charge in [0.1, 0.15) is 0 Å². The highest BCUT2D eigenvalue weighted by Crippen LogP contribution is 2.05. The summed E-state index contributed by atoms with van der Waals surface area (Å²) in [4.78, 5) is 4.98. The smallest absolute Gasteiger partial charge is 0.0622 e. The molecular formula is C24H48N4. The molecule has 0 aliphatic rings. The van der Waals surface area contributed by atoms with Crippen LogP contribution in [0.15, 0.2) is 0 Å². The zero-order chi connectivity index (χ0) is 21.6. The number of unbranched alkanes of at least 4 members (excludes halogenated alkanes) is 4. The first-order valence-electron chi connectivity index (χ1n) is 11.6. The summed E-state index contributed by atoms with van der Waals surface area (Å²) in [5.74, 6) is 1.44. The lowest BCUT2D eigenvalue weighted by Crippen LogP contribution is -2.32. The van der Waals surface area contributed by atoms with E-state index in [2.05, 4.69) is 63.5 Å². The van der Waals surface area contributed by atoms with Crippen LogP contribution in [0.1, 0.15) is 92.9 Å². The lowest BCUT2D eigenvalue weighted by molar-refractivity contribution is 0.218. The molecule has 0 unspecified atom stereocenters. The molecule has 0 aromatic carbocycles. The fourth-order valence-corrected chi connectivity index (χ4v) is 3.15. The van der Waals surface area contributed by atoms with Crippen molar-refractivity contribution in [3.63, 3.8) is 0 Å². The molecule has 0 atom stereocenters. The van der Waals surface area contributed by atoms with E-state index in [-0.39, 0.29) is 0 Å². The molecule has 0 fully saturated rings. The van der Waals surface area contributed by atoms with Crippen LogP contribution in [0.25, 0.3) is 0 Å². The van der Waals surface area contributed by atoms with E-state index < -0.39 is 0 Å². The van der Waals surface area contributed by atoms with Crippen LogP contribution >= 0.6 is 0 Å². The largest absolute Gasteiger partial charge is 0.303 e. The van der Waals surface area contributed by atoms with Gasteiger partial charge >= 0.3 is 0 Å². The second-order valence-electron chi connectivity index (χ2n) is 8.62. The summed E-state index contributed by atoms with van der Waals surface area (Å²) in [6, 6.07) is 4.41. The van der Waals surface area contributed by atoms with Gasteiger partial charge in [0.15, 0.2) is 0 Å². The molecule has 0 amide bonds. The van der Waals surface area contributed by atoms with Gasteiger partial charge < -0.3 is 9.80 Å². The molecule has 0 aliphatic carbocycles. The van der Waals surface area contributed by atoms with Crippen LogP contribution < -0.4 is 0 Å². The molecule has 4 nitrogen and oxygen atoms in total. The maximum Gasteiger partial charge on any atom is 0.0622 e. The van der Waals surface area contributed by atoms with Crippen LogP contribution in [-0.4, -0.2) is 49.1 Å². The monoisotopic (exact) mass is 392 g/mol. The molecule has 0 aromatic rings. The summed E-state index contributed by atoms with van der Waals surface area (Å²) in [5, 5.41) is 16.9. The highest BCUT2D eigenvalue weighted by atomic mass is 15.1. The molecule has 164 valence electrons. The number of nitriles is 2. The molecule has 4 heteroatoms. The van der Waals surface area contributed by atoms with Crippen molar-refractivity contribution in [1.29, 1.82) is 10.5 Å². The van der Waals surface area contributed by atoms with E-state index in [1.165, 1.54) is 38.8 Å². The van der Waals surface area contributed by atoms with Gasteiger partial charge in [0.2, 0.25) is 0 Å². The van der Waals surface area contributed by atoms with Crippen molar-refractivity contribution < 1.29 is 0 Å². The van der Waals surface area contributed by atoms with Gasteiger partial charge in [0, 0.05) is 25.9 Å². The fraction of sp³-hybridized carbons (Fsp3) is 0.917. The molecule has 0 heterocycles. The van der Waals surface area contributed by atoms with Crippen molar-refractivity contribution in [3.05, 3.63) is 0 Å². The third-order valence-corrected chi connectivity index (χ3v) is 4.43. The molecule has 0 radical (unpaired) electrons. The Kier molecular flexibility index (Phi) is 23.1. The minimum absolute atomic E-state index is 0.687. The topological polar surface area (TPSA) is 54.1 Å². The first kappa shape index (κ1) is 29.1. The molecule has 28 heavy (non-hydrogen) atoms. The zero-order valence-corrected chi connectivity index (χ0v) is 19.8. The standard InChI is InChI=1S/2C12H24N2/c1-11(2)9-14(10-12(3)4)8-6-5-7-13;1-3-5-10-14(11-6-4-2)12-8-7-9-13/h11-12H,5-6,8-10H2,1-4H3;3-8,10-12H2,1-2H3. The molecule has 0 saturated carbocycles. The molecular weight excluding hydrogens is 344 g/mol. The van der Waals surface area contributed by atoms with Gasteiger partial charge in [0.05, 0.1) is 12.1 Å². The molecule has 0 N–H and O–H groups in total. The summed E-state index contributed by atoms with van der Waals surface area (Å²) in [5.41, 5.74) is 0. The fourth-order valence-electron chi connectivity index (χ4n) is 3.15. The normalized spacial score (nSPS) is 10.9. The number of hydrogen-bond donors (Lipinski definition) is 0. The number of rotatable bonds is 16. The van der Waals surface area contributed by atoms with Crippen LogP contribution in [0, 0.1) is 34.5 Å². The van der Waals surface area contributed by atoms with Crippen LogP contribution in [0.5, 0.6) is 0 Å². The molecule has 0 rings (SSSR count). The highest BCUT2D eigenvalue weighted by molar-refractivity contribution is 4.71. The maximum atomic E-state index is 8.47. The average Bonchev–Trinajstić information content (AvgIpc) is 2.63. The Morgan fingerprint density at radius 2 is 0.964 bits per heavy atom. The van der Waals surface area contributed by atoms with Crippen molar-refractivity contribution in [1.82, 2.24) is 9.80 Å². The van der Waals surface area contributed by atoms with Gasteiger partial charge in [-0.05, 0) is 63.7 Å². The molecule has 0 spiro atoms. The summed E-state index contributed by atoms with van der Waals surface area (Å²) in [7, 11) is 0. The van der Waals surface area contributed by atoms with Crippen LogP contribution in [0.2, 0.25) is 0 Å². The second-order valence-corrected chi connectivity index (χ2v) is 8.62. The van der Waals surface area contributed by atoms with Crippen molar-refractivity contribution in [2.45, 2.75) is 92.9 Å². The summed E-state index contributed by atoms with van der Waals surface area (Å²) < 4.78 is 0. The quantitative estimate of drug-likeness (QED) is 0.298. The minimum atomic E-state index is 0.687. The van der Waals surface area contributed by atoms with Gasteiger partial charge in [-0.2, -0.15) is 10.5 Å². The van der Waals surface area contributed by atoms with Crippen LogP contribution in [0.4, 0.5) is 0 Å². The second kappa shape index (κ2) is 22.2. The number of nitrogens with zero attached hydrogens (tertiary/aromatic N) is 4. The lowest BCUT2D eigenvalue weighted by atomic mass is 10.1. The van der Waals surface area contributed by atoms with Gasteiger partial charge in [0.25, 0.3) is 0 Å². The Morgan fingerprint density at radius 3 is 1.29 bits per heavy atom. The molecule has 0 saturated heterocycles. The van der Waals surface area contributed by atoms with E-state index in [0.717, 1.165) is 50.9 Å². The van der Waals surface area contributed by atoms with E-state index in [4.69, 9.17) is 10.5 Å². The van der Waals surface area contributed by atoms with Crippen LogP contribution in [0.3, 0.4) is 0 Å². The molecule has 0 aliphatic heterocycles. The van der Waals surface area contributed by atoms with E-state index >= 15 is 0 Å². The Hall–Kier alpha value is -1.10. The molecule has 0 bridgehead atoms. The number of hydrogen-bond acceptors (Lipinski definition) is 4. The predicted octanol–water partition coefficient (Wildman–Crippen LogP) is 6.10. The van der Waals surface area contributed by atoms with E-state index in [1.54, 1.807) is 0 Å². The third-order valence-electron chi connectivity index (χ3n) is 4.43. The van der Waals surface area contributed by atoms with Crippen molar-refractivity contribution in [2.75, 3.05) is 39.3 Å². The summed E-state index contributed by atoms with van der Waals surface area (Å²) in [6.45, 7) is 20.4. The van der Waals surface area contributed by atoms with E-state index in [9.17, 15) is 0 Å². The first-order chi connectivity index (χ1) is 13.4. The van der Waals surface area contributed by atoms with Crippen molar-refractivity contribution in [3.8, 4) is 12.1 Å². The van der Waals surface area contributed by atoms with Gasteiger partial charge in [-0.1, -0.05) is 54.4 Å². The van der Waals surface area contributed by atoms with Gasteiger partial charge in [-0.3, -0.25) is 0 Å². The maximum absolute atomic E-state index is 8.47. The Labute approximate surface area is 176 Å². The summed E-state index contributed by atoms with van der Waals surface area (Å²) >= 11 is 0. The van der Waals surface area contributed by atoms with E-state index in [1.807, 2.05) is 0 Å².